The molecule has 3 N–H and O–H groups in total. The van der Waals surface area contributed by atoms with E-state index in [4.69, 9.17) is 5.14 Å². The van der Waals surface area contributed by atoms with Gasteiger partial charge in [0, 0.05) is 34.4 Å². The number of nitrogens with two attached hydrogens (primary N) is 1. The van der Waals surface area contributed by atoms with Gasteiger partial charge in [-0.25, -0.2) is 17.9 Å². The van der Waals surface area contributed by atoms with Crippen LogP contribution in [0.1, 0.15) is 23.7 Å². The fourth-order valence-corrected chi connectivity index (χ4v) is 2.83. The van der Waals surface area contributed by atoms with E-state index in [9.17, 15) is 21.8 Å². The van der Waals surface area contributed by atoms with Gasteiger partial charge in [-0.3, -0.25) is 9.00 Å². The molecule has 0 saturated heterocycles. The average Bonchev–Trinajstić information content (AvgIpc) is 2.34. The summed E-state index contributed by atoms with van der Waals surface area (Å²) in [5.41, 5.74) is -0.136. The van der Waals surface area contributed by atoms with Gasteiger partial charge < -0.3 is 5.32 Å². The number of carbonyl (C=O) groups is 1. The number of hydrogen-bond acceptors (Lipinski definition) is 4. The van der Waals surface area contributed by atoms with Crippen molar-refractivity contribution in [1.82, 2.24) is 5.32 Å². The minimum atomic E-state index is -4.09. The van der Waals surface area contributed by atoms with Crippen LogP contribution in [0.4, 0.5) is 4.39 Å². The first-order valence-corrected chi connectivity index (χ1v) is 9.31. The predicted molar refractivity (Wildman–Crippen MR) is 78.3 cm³/mol. The smallest absolute Gasteiger partial charge is 0.251 e. The van der Waals surface area contributed by atoms with Crippen molar-refractivity contribution in [3.05, 3.63) is 29.6 Å². The van der Waals surface area contributed by atoms with Gasteiger partial charge in [-0.15, -0.1) is 0 Å². The molecule has 0 aromatic heterocycles. The van der Waals surface area contributed by atoms with Crippen LogP contribution >= 0.6 is 0 Å². The maximum atomic E-state index is 13.4. The zero-order valence-electron chi connectivity index (χ0n) is 11.6. The van der Waals surface area contributed by atoms with Crippen molar-refractivity contribution in [2.45, 2.75) is 24.3 Å². The SMILES string of the molecule is CC(CCS(C)=O)NC(=O)c1cc(F)cc(S(N)(=O)=O)c1. The lowest BCUT2D eigenvalue weighted by atomic mass is 10.2. The molecule has 0 spiro atoms. The summed E-state index contributed by atoms with van der Waals surface area (Å²) in [5.74, 6) is -1.06. The van der Waals surface area contributed by atoms with Crippen molar-refractivity contribution in [2.24, 2.45) is 5.14 Å². The predicted octanol–water partition coefficient (Wildman–Crippen LogP) is 0.360. The largest absolute Gasteiger partial charge is 0.350 e. The Hall–Kier alpha value is -1.32. The zero-order chi connectivity index (χ0) is 16.2. The zero-order valence-corrected chi connectivity index (χ0v) is 13.3. The fourth-order valence-electron chi connectivity index (χ4n) is 1.58. The first kappa shape index (κ1) is 17.7. The van der Waals surface area contributed by atoms with Gasteiger partial charge in [0.25, 0.3) is 5.91 Å². The van der Waals surface area contributed by atoms with Crippen LogP contribution in [0.25, 0.3) is 0 Å². The molecular formula is C12H17FN2O4S2. The second-order valence-electron chi connectivity index (χ2n) is 4.66. The molecule has 6 nitrogen and oxygen atoms in total. The van der Waals surface area contributed by atoms with Gasteiger partial charge in [0.15, 0.2) is 0 Å². The van der Waals surface area contributed by atoms with Crippen LogP contribution in [0.3, 0.4) is 0 Å². The monoisotopic (exact) mass is 336 g/mol. The third-order valence-electron chi connectivity index (χ3n) is 2.68. The van der Waals surface area contributed by atoms with E-state index in [2.05, 4.69) is 5.32 Å². The Morgan fingerprint density at radius 1 is 1.43 bits per heavy atom. The van der Waals surface area contributed by atoms with E-state index in [0.717, 1.165) is 18.2 Å². The molecule has 0 heterocycles. The maximum absolute atomic E-state index is 13.4. The Balaban J connectivity index is 2.88. The number of halogens is 1. The molecule has 0 bridgehead atoms. The van der Waals surface area contributed by atoms with E-state index in [0.29, 0.717) is 12.2 Å². The van der Waals surface area contributed by atoms with Crippen LogP contribution in [0, 0.1) is 5.82 Å². The Morgan fingerprint density at radius 2 is 2.05 bits per heavy atom. The molecule has 0 fully saturated rings. The third kappa shape index (κ3) is 5.90. The summed E-state index contributed by atoms with van der Waals surface area (Å²) in [6, 6.07) is 2.41. The van der Waals surface area contributed by atoms with Gasteiger partial charge in [0.1, 0.15) is 5.82 Å². The number of nitrogens with one attached hydrogen (secondary N) is 1. The number of carbonyl (C=O) groups excluding carboxylic acids is 1. The molecule has 2 atom stereocenters. The molecule has 118 valence electrons. The summed E-state index contributed by atoms with van der Waals surface area (Å²) in [5, 5.41) is 7.50. The Morgan fingerprint density at radius 3 is 2.57 bits per heavy atom. The quantitative estimate of drug-likeness (QED) is 0.782. The molecule has 0 aliphatic carbocycles. The van der Waals surface area contributed by atoms with Crippen molar-refractivity contribution < 1.29 is 21.8 Å². The second kappa shape index (κ2) is 7.10. The Bertz CT molecular complexity index is 661. The van der Waals surface area contributed by atoms with Crippen LogP contribution < -0.4 is 10.5 Å². The summed E-state index contributed by atoms with van der Waals surface area (Å²) >= 11 is 0. The highest BCUT2D eigenvalue weighted by atomic mass is 32.2. The van der Waals surface area contributed by atoms with E-state index < -0.39 is 37.4 Å². The lowest BCUT2D eigenvalue weighted by molar-refractivity contribution is 0.0938. The topological polar surface area (TPSA) is 106 Å². The molecule has 0 radical (unpaired) electrons. The minimum absolute atomic E-state index is 0.136. The van der Waals surface area contributed by atoms with Gasteiger partial charge in [-0.2, -0.15) is 0 Å². The van der Waals surface area contributed by atoms with Crippen LogP contribution in [0.2, 0.25) is 0 Å². The lowest BCUT2D eigenvalue weighted by Gasteiger charge is -2.13. The third-order valence-corrected chi connectivity index (χ3v) is 4.38. The summed E-state index contributed by atoms with van der Waals surface area (Å²) < 4.78 is 46.8. The molecular weight excluding hydrogens is 319 g/mol. The Kier molecular flexibility index (Phi) is 5.99. The molecule has 0 saturated carbocycles. The van der Waals surface area contributed by atoms with E-state index in [-0.39, 0.29) is 11.6 Å². The maximum Gasteiger partial charge on any atom is 0.251 e. The van der Waals surface area contributed by atoms with E-state index >= 15 is 0 Å². The highest BCUT2D eigenvalue weighted by Crippen LogP contribution is 2.13. The van der Waals surface area contributed by atoms with E-state index in [1.807, 2.05) is 0 Å². The minimum Gasteiger partial charge on any atom is -0.350 e. The van der Waals surface area contributed by atoms with Crippen molar-refractivity contribution in [3.8, 4) is 0 Å². The summed E-state index contributed by atoms with van der Waals surface area (Å²) in [6.07, 6.45) is 2.05. The Labute approximate surface area is 125 Å². The number of primary sulfonamides is 1. The number of sulfonamides is 1. The van der Waals surface area contributed by atoms with Crippen molar-refractivity contribution in [3.63, 3.8) is 0 Å². The number of amides is 1. The number of benzene rings is 1. The molecule has 1 aromatic carbocycles. The van der Waals surface area contributed by atoms with Crippen LogP contribution in [0.15, 0.2) is 23.1 Å². The second-order valence-corrected chi connectivity index (χ2v) is 7.78. The first-order valence-electron chi connectivity index (χ1n) is 6.04. The first-order chi connectivity index (χ1) is 9.59. The van der Waals surface area contributed by atoms with Crippen molar-refractivity contribution in [2.75, 3.05) is 12.0 Å². The van der Waals surface area contributed by atoms with Gasteiger partial charge in [-0.1, -0.05) is 0 Å². The van der Waals surface area contributed by atoms with Gasteiger partial charge in [0.2, 0.25) is 10.0 Å². The van der Waals surface area contributed by atoms with Crippen LogP contribution in [-0.4, -0.2) is 36.6 Å². The van der Waals surface area contributed by atoms with Crippen LogP contribution in [0.5, 0.6) is 0 Å². The lowest BCUT2D eigenvalue weighted by Crippen LogP contribution is -2.33. The molecule has 9 heteroatoms. The molecule has 1 aromatic rings. The summed E-state index contributed by atoms with van der Waals surface area (Å²) in [4.78, 5) is 11.5. The molecule has 0 aliphatic heterocycles. The molecule has 0 aliphatic rings. The summed E-state index contributed by atoms with van der Waals surface area (Å²) in [7, 11) is -5.06. The molecule has 1 amide bonds. The van der Waals surface area contributed by atoms with E-state index in [1.54, 1.807) is 13.2 Å². The van der Waals surface area contributed by atoms with Crippen molar-refractivity contribution in [1.29, 1.82) is 0 Å². The van der Waals surface area contributed by atoms with Gasteiger partial charge >= 0.3 is 0 Å². The van der Waals surface area contributed by atoms with Crippen LogP contribution in [-0.2, 0) is 20.8 Å². The van der Waals surface area contributed by atoms with Gasteiger partial charge in [0.05, 0.1) is 4.90 Å². The highest BCUT2D eigenvalue weighted by molar-refractivity contribution is 7.89. The highest BCUT2D eigenvalue weighted by Gasteiger charge is 2.16. The molecule has 1 rings (SSSR count). The fraction of sp³-hybridized carbons (Fsp3) is 0.417. The number of rotatable bonds is 6. The molecule has 2 unspecified atom stereocenters. The van der Waals surface area contributed by atoms with Gasteiger partial charge in [-0.05, 0) is 31.5 Å². The summed E-state index contributed by atoms with van der Waals surface area (Å²) in [6.45, 7) is 1.71. The van der Waals surface area contributed by atoms with Crippen molar-refractivity contribution >= 4 is 26.7 Å². The standard InChI is InChI=1S/C12H17FN2O4S2/c1-8(3-4-20(2)17)15-12(16)9-5-10(13)7-11(6-9)21(14,18)19/h5-8H,3-4H2,1-2H3,(H,15,16)(H2,14,18,19). The normalized spacial score (nSPS) is 14.5. The molecule has 21 heavy (non-hydrogen) atoms. The van der Waals surface area contributed by atoms with E-state index in [1.165, 1.54) is 0 Å². The average molecular weight is 336 g/mol. The number of hydrogen-bond donors (Lipinski definition) is 2.